The second-order valence-corrected chi connectivity index (χ2v) is 2.01. The molecule has 0 bridgehead atoms. The van der Waals surface area contributed by atoms with Crippen LogP contribution >= 0.6 is 35.7 Å². The van der Waals surface area contributed by atoms with Crippen molar-refractivity contribution >= 4 is 35.7 Å². The van der Waals surface area contributed by atoms with E-state index in [9.17, 15) is 0 Å². The van der Waals surface area contributed by atoms with Crippen molar-refractivity contribution in [2.75, 3.05) is 6.26 Å². The number of nitrogens with zero attached hydrogens (tertiary/aromatic N) is 2. The minimum Gasteiger partial charge on any atom is -0.231 e. The van der Waals surface area contributed by atoms with E-state index in [2.05, 4.69) is 9.97 Å². The molecule has 0 radical (unpaired) electrons. The van der Waals surface area contributed by atoms with Crippen molar-refractivity contribution in [3.63, 3.8) is 0 Å². The predicted octanol–water partition coefficient (Wildman–Crippen LogP) is 1.82. The molecule has 4 heteroatoms. The number of aromatic nitrogens is 2. The predicted molar refractivity (Wildman–Crippen MR) is 49.2 cm³/mol. The molecule has 0 aliphatic carbocycles. The molecular formula is C5H7IN2S. The molecule has 1 aromatic heterocycles. The molecule has 0 spiro atoms. The number of hydrogen-bond acceptors (Lipinski definition) is 3. The van der Waals surface area contributed by atoms with Gasteiger partial charge in [-0.25, -0.2) is 9.97 Å². The molecule has 0 aliphatic heterocycles. The first-order chi connectivity index (χ1) is 3.93. The second kappa shape index (κ2) is 4.99. The van der Waals surface area contributed by atoms with Crippen molar-refractivity contribution in [2.45, 2.75) is 5.16 Å². The average Bonchev–Trinajstić information content (AvgIpc) is 1.90. The Morgan fingerprint density at radius 3 is 2.22 bits per heavy atom. The van der Waals surface area contributed by atoms with Crippen LogP contribution in [-0.4, -0.2) is 16.2 Å². The van der Waals surface area contributed by atoms with E-state index in [1.54, 1.807) is 30.2 Å². The lowest BCUT2D eigenvalue weighted by molar-refractivity contribution is 0.970. The highest BCUT2D eigenvalue weighted by molar-refractivity contribution is 14.0. The maximum atomic E-state index is 3.95. The number of rotatable bonds is 1. The first kappa shape index (κ1) is 9.16. The summed E-state index contributed by atoms with van der Waals surface area (Å²) in [6.07, 6.45) is 5.42. The monoisotopic (exact) mass is 254 g/mol. The van der Waals surface area contributed by atoms with E-state index >= 15 is 0 Å². The van der Waals surface area contributed by atoms with Gasteiger partial charge in [0, 0.05) is 12.4 Å². The van der Waals surface area contributed by atoms with Crippen molar-refractivity contribution in [1.82, 2.24) is 9.97 Å². The van der Waals surface area contributed by atoms with Gasteiger partial charge >= 0.3 is 0 Å². The molecule has 0 aromatic carbocycles. The smallest absolute Gasteiger partial charge is 0.187 e. The van der Waals surface area contributed by atoms with Gasteiger partial charge < -0.3 is 0 Å². The second-order valence-electron chi connectivity index (χ2n) is 1.24. The Bertz CT molecular complexity index is 156. The number of thioether (sulfide) groups is 1. The zero-order chi connectivity index (χ0) is 5.82. The molecule has 0 N–H and O–H groups in total. The molecular weight excluding hydrogens is 247 g/mol. The first-order valence-corrected chi connectivity index (χ1v) is 3.47. The molecule has 0 fully saturated rings. The van der Waals surface area contributed by atoms with Crippen molar-refractivity contribution in [3.8, 4) is 0 Å². The van der Waals surface area contributed by atoms with E-state index in [0.717, 1.165) is 5.16 Å². The fourth-order valence-electron chi connectivity index (χ4n) is 0.391. The van der Waals surface area contributed by atoms with Crippen LogP contribution < -0.4 is 0 Å². The molecule has 0 aliphatic rings. The van der Waals surface area contributed by atoms with Crippen molar-refractivity contribution < 1.29 is 0 Å². The van der Waals surface area contributed by atoms with E-state index in [4.69, 9.17) is 0 Å². The third kappa shape index (κ3) is 3.00. The molecule has 1 rings (SSSR count). The zero-order valence-corrected chi connectivity index (χ0v) is 8.09. The Kier molecular flexibility index (Phi) is 5.07. The summed E-state index contributed by atoms with van der Waals surface area (Å²) in [6, 6.07) is 1.81. The van der Waals surface area contributed by atoms with Gasteiger partial charge in [0.2, 0.25) is 0 Å². The quantitative estimate of drug-likeness (QED) is 0.434. The van der Waals surface area contributed by atoms with E-state index in [1.165, 1.54) is 0 Å². The normalized spacial score (nSPS) is 8.11. The summed E-state index contributed by atoms with van der Waals surface area (Å²) in [7, 11) is 0. The lowest BCUT2D eigenvalue weighted by Crippen LogP contribution is -1.79. The van der Waals surface area contributed by atoms with Gasteiger partial charge in [-0.05, 0) is 12.3 Å². The summed E-state index contributed by atoms with van der Waals surface area (Å²) in [6.45, 7) is 0. The van der Waals surface area contributed by atoms with E-state index in [-0.39, 0.29) is 24.0 Å². The van der Waals surface area contributed by atoms with Crippen LogP contribution in [0.5, 0.6) is 0 Å². The molecule has 0 unspecified atom stereocenters. The third-order valence-electron chi connectivity index (χ3n) is 0.725. The van der Waals surface area contributed by atoms with Crippen LogP contribution in [0.25, 0.3) is 0 Å². The summed E-state index contributed by atoms with van der Waals surface area (Å²) in [5.74, 6) is 0. The van der Waals surface area contributed by atoms with Gasteiger partial charge in [0.1, 0.15) is 0 Å². The highest BCUT2D eigenvalue weighted by Gasteiger charge is 1.84. The first-order valence-electron chi connectivity index (χ1n) is 2.24. The van der Waals surface area contributed by atoms with Crippen LogP contribution in [-0.2, 0) is 0 Å². The molecule has 9 heavy (non-hydrogen) atoms. The maximum Gasteiger partial charge on any atom is 0.187 e. The zero-order valence-electron chi connectivity index (χ0n) is 4.94. The van der Waals surface area contributed by atoms with Crippen molar-refractivity contribution in [1.29, 1.82) is 0 Å². The van der Waals surface area contributed by atoms with Gasteiger partial charge in [-0.1, -0.05) is 11.8 Å². The van der Waals surface area contributed by atoms with Crippen LogP contribution in [0, 0.1) is 0 Å². The molecule has 0 saturated carbocycles. The molecule has 50 valence electrons. The largest absolute Gasteiger partial charge is 0.231 e. The fourth-order valence-corrected chi connectivity index (χ4v) is 0.723. The van der Waals surface area contributed by atoms with Crippen LogP contribution in [0.15, 0.2) is 23.6 Å². The average molecular weight is 254 g/mol. The summed E-state index contributed by atoms with van der Waals surface area (Å²) in [5.41, 5.74) is 0. The molecule has 0 atom stereocenters. The topological polar surface area (TPSA) is 25.8 Å². The van der Waals surface area contributed by atoms with Crippen molar-refractivity contribution in [2.24, 2.45) is 0 Å². The Hall–Kier alpha value is 0.160. The van der Waals surface area contributed by atoms with Crippen LogP contribution in [0.4, 0.5) is 0 Å². The van der Waals surface area contributed by atoms with E-state index in [1.807, 2.05) is 6.26 Å². The third-order valence-corrected chi connectivity index (χ3v) is 1.30. The Morgan fingerprint density at radius 1 is 1.33 bits per heavy atom. The van der Waals surface area contributed by atoms with Gasteiger partial charge in [0.05, 0.1) is 0 Å². The fraction of sp³-hybridized carbons (Fsp3) is 0.200. The number of halogens is 1. The number of hydrogen-bond donors (Lipinski definition) is 0. The highest BCUT2D eigenvalue weighted by atomic mass is 127. The van der Waals surface area contributed by atoms with Crippen LogP contribution in [0.1, 0.15) is 0 Å². The van der Waals surface area contributed by atoms with Gasteiger partial charge in [-0.2, -0.15) is 0 Å². The standard InChI is InChI=1S/C5H6N2S.HI/c1-8-5-6-3-2-4-7-5;/h2-4H,1H3;1H. The molecule has 2 nitrogen and oxygen atoms in total. The molecule has 0 amide bonds. The van der Waals surface area contributed by atoms with Gasteiger partial charge in [0.15, 0.2) is 5.16 Å². The summed E-state index contributed by atoms with van der Waals surface area (Å²) >= 11 is 1.55. The Labute approximate surface area is 75.5 Å². The van der Waals surface area contributed by atoms with E-state index < -0.39 is 0 Å². The summed E-state index contributed by atoms with van der Waals surface area (Å²) < 4.78 is 0. The SMILES string of the molecule is CSc1ncccn1.I. The highest BCUT2D eigenvalue weighted by Crippen LogP contribution is 2.03. The van der Waals surface area contributed by atoms with Gasteiger partial charge in [-0.3, -0.25) is 0 Å². The molecule has 1 aromatic rings. The lowest BCUT2D eigenvalue weighted by atomic mass is 10.7. The Balaban J connectivity index is 0.000000640. The van der Waals surface area contributed by atoms with Gasteiger partial charge in [-0.15, -0.1) is 24.0 Å². The minimum atomic E-state index is 0. The van der Waals surface area contributed by atoms with Crippen LogP contribution in [0.3, 0.4) is 0 Å². The Morgan fingerprint density at radius 2 is 1.89 bits per heavy atom. The molecule has 1 heterocycles. The van der Waals surface area contributed by atoms with Crippen LogP contribution in [0.2, 0.25) is 0 Å². The summed E-state index contributed by atoms with van der Waals surface area (Å²) in [5, 5.41) is 0.826. The maximum absolute atomic E-state index is 3.95. The van der Waals surface area contributed by atoms with Crippen molar-refractivity contribution in [3.05, 3.63) is 18.5 Å². The summed E-state index contributed by atoms with van der Waals surface area (Å²) in [4.78, 5) is 7.90. The van der Waals surface area contributed by atoms with Gasteiger partial charge in [0.25, 0.3) is 0 Å². The minimum absolute atomic E-state index is 0. The molecule has 0 saturated heterocycles. The lowest BCUT2D eigenvalue weighted by Gasteiger charge is -1.87. The van der Waals surface area contributed by atoms with E-state index in [0.29, 0.717) is 0 Å².